The quantitative estimate of drug-likeness (QED) is 0.593. The zero-order chi connectivity index (χ0) is 22.4. The van der Waals surface area contributed by atoms with E-state index in [9.17, 15) is 9.18 Å². The molecule has 1 aromatic carbocycles. The minimum absolute atomic E-state index is 0.0859. The highest BCUT2D eigenvalue weighted by Gasteiger charge is 2.45. The number of ether oxygens (including phenoxy) is 2. The molecule has 0 spiro atoms. The van der Waals surface area contributed by atoms with Crippen LogP contribution in [-0.2, 0) is 4.74 Å². The average molecular weight is 458 g/mol. The molecule has 0 N–H and O–H groups in total. The summed E-state index contributed by atoms with van der Waals surface area (Å²) in [5.41, 5.74) is 0.735. The van der Waals surface area contributed by atoms with Crippen molar-refractivity contribution >= 4 is 29.8 Å². The van der Waals surface area contributed by atoms with Crippen LogP contribution in [0.4, 0.5) is 9.18 Å². The Bertz CT molecular complexity index is 1160. The molecule has 4 heterocycles. The van der Waals surface area contributed by atoms with E-state index in [1.165, 1.54) is 17.1 Å². The van der Waals surface area contributed by atoms with Crippen molar-refractivity contribution in [3.8, 4) is 11.6 Å². The Hall–Kier alpha value is -2.88. The van der Waals surface area contributed by atoms with Crippen molar-refractivity contribution in [3.63, 3.8) is 0 Å². The lowest BCUT2D eigenvalue weighted by molar-refractivity contribution is 0.0212. The van der Waals surface area contributed by atoms with Gasteiger partial charge in [-0.15, -0.1) is 12.6 Å². The van der Waals surface area contributed by atoms with Crippen molar-refractivity contribution in [2.24, 2.45) is 0 Å². The molecule has 5 rings (SSSR count). The van der Waals surface area contributed by atoms with Gasteiger partial charge in [0.05, 0.1) is 12.3 Å². The van der Waals surface area contributed by atoms with Crippen LogP contribution in [0.5, 0.6) is 5.88 Å². The fourth-order valence-corrected chi connectivity index (χ4v) is 4.89. The summed E-state index contributed by atoms with van der Waals surface area (Å²) in [5.74, 6) is -0.0316. The van der Waals surface area contributed by atoms with Gasteiger partial charge in [-0.1, -0.05) is 0 Å². The Morgan fingerprint density at radius 1 is 1.22 bits per heavy atom. The van der Waals surface area contributed by atoms with Gasteiger partial charge in [-0.2, -0.15) is 5.10 Å². The van der Waals surface area contributed by atoms with Crippen LogP contribution in [0.25, 0.3) is 16.7 Å². The molecule has 3 aromatic rings. The zero-order valence-corrected chi connectivity index (χ0v) is 18.7. The van der Waals surface area contributed by atoms with Crippen LogP contribution in [0.2, 0.25) is 0 Å². The summed E-state index contributed by atoms with van der Waals surface area (Å²) in [5, 5.41) is 4.92. The third kappa shape index (κ3) is 3.76. The number of halogens is 1. The third-order valence-electron chi connectivity index (χ3n) is 6.00. The van der Waals surface area contributed by atoms with Crippen molar-refractivity contribution in [2.45, 2.75) is 68.7 Å². The van der Waals surface area contributed by atoms with E-state index in [0.29, 0.717) is 34.7 Å². The Balaban J connectivity index is 1.37. The van der Waals surface area contributed by atoms with Gasteiger partial charge in [0, 0.05) is 29.8 Å². The molecule has 10 heteroatoms. The number of hydrogen-bond donors (Lipinski definition) is 1. The van der Waals surface area contributed by atoms with Crippen molar-refractivity contribution in [2.75, 3.05) is 0 Å². The van der Waals surface area contributed by atoms with Crippen LogP contribution >= 0.6 is 12.6 Å². The number of aromatic nitrogens is 4. The Kier molecular flexibility index (Phi) is 5.40. The maximum absolute atomic E-state index is 14.5. The summed E-state index contributed by atoms with van der Waals surface area (Å²) in [6.45, 7) is 3.71. The van der Waals surface area contributed by atoms with E-state index in [2.05, 4.69) is 27.7 Å². The van der Waals surface area contributed by atoms with Gasteiger partial charge in [0.1, 0.15) is 29.3 Å². The molecule has 0 aliphatic carbocycles. The number of hydrogen-bond acceptors (Lipinski definition) is 7. The highest BCUT2D eigenvalue weighted by molar-refractivity contribution is 7.80. The summed E-state index contributed by atoms with van der Waals surface area (Å²) in [4.78, 5) is 23.5. The zero-order valence-electron chi connectivity index (χ0n) is 17.8. The molecule has 8 nitrogen and oxygen atoms in total. The van der Waals surface area contributed by atoms with Gasteiger partial charge in [0.2, 0.25) is 5.88 Å². The van der Waals surface area contributed by atoms with Crippen LogP contribution < -0.4 is 4.74 Å². The number of carbonyl (C=O) groups is 1. The van der Waals surface area contributed by atoms with Crippen molar-refractivity contribution in [3.05, 3.63) is 36.5 Å². The third-order valence-corrected chi connectivity index (χ3v) is 6.28. The molecule has 0 saturated carbocycles. The second-order valence-corrected chi connectivity index (χ2v) is 9.06. The fourth-order valence-electron chi connectivity index (χ4n) is 4.70. The van der Waals surface area contributed by atoms with Crippen LogP contribution in [0, 0.1) is 5.82 Å². The van der Waals surface area contributed by atoms with Crippen LogP contribution in [-0.4, -0.2) is 55.0 Å². The van der Waals surface area contributed by atoms with E-state index < -0.39 is 5.82 Å². The van der Waals surface area contributed by atoms with Crippen LogP contribution in [0.1, 0.15) is 39.5 Å². The summed E-state index contributed by atoms with van der Waals surface area (Å²) >= 11 is 4.17. The maximum atomic E-state index is 14.5. The predicted octanol–water partition coefficient (Wildman–Crippen LogP) is 4.16. The molecule has 1 amide bonds. The molecule has 2 aliphatic heterocycles. The lowest BCUT2D eigenvalue weighted by atomic mass is 10.0. The summed E-state index contributed by atoms with van der Waals surface area (Å²) in [6.07, 6.45) is 5.80. The molecule has 2 bridgehead atoms. The molecular weight excluding hydrogens is 433 g/mol. The highest BCUT2D eigenvalue weighted by Crippen LogP contribution is 2.38. The number of amides is 1. The molecule has 32 heavy (non-hydrogen) atoms. The maximum Gasteiger partial charge on any atom is 0.410 e. The highest BCUT2D eigenvalue weighted by atomic mass is 32.1. The lowest BCUT2D eigenvalue weighted by Crippen LogP contribution is -2.49. The molecule has 168 valence electrons. The number of piperidine rings is 1. The Labute approximate surface area is 190 Å². The molecule has 2 aromatic heterocycles. The van der Waals surface area contributed by atoms with Crippen molar-refractivity contribution < 1.29 is 18.7 Å². The second-order valence-electron chi connectivity index (χ2n) is 8.54. The molecular formula is C22H24FN5O3S. The minimum Gasteiger partial charge on any atom is -0.474 e. The average Bonchev–Trinajstić information content (AvgIpc) is 3.27. The van der Waals surface area contributed by atoms with Gasteiger partial charge in [0.15, 0.2) is 5.65 Å². The lowest BCUT2D eigenvalue weighted by Gasteiger charge is -2.38. The van der Waals surface area contributed by atoms with E-state index in [4.69, 9.17) is 9.47 Å². The monoisotopic (exact) mass is 457 g/mol. The molecule has 2 unspecified atom stereocenters. The first-order valence-corrected chi connectivity index (χ1v) is 11.2. The van der Waals surface area contributed by atoms with Crippen molar-refractivity contribution in [1.29, 1.82) is 0 Å². The van der Waals surface area contributed by atoms with Gasteiger partial charge in [-0.05, 0) is 44.9 Å². The topological polar surface area (TPSA) is 82.4 Å². The van der Waals surface area contributed by atoms with Crippen LogP contribution in [0.15, 0.2) is 35.6 Å². The first-order valence-electron chi connectivity index (χ1n) is 10.7. The second kappa shape index (κ2) is 8.23. The number of rotatable bonds is 4. The standard InChI is InChI=1S/C22H24FN5O3S/c1-12(2)30-22(29)27-13-3-4-14(27)8-15(7-13)31-21-17-10-26-28(20(17)24-11-25-21)19-6-5-16(32)9-18(19)23/h5-6,9-15,32H,3-4,7-8H2,1-2H3. The van der Waals surface area contributed by atoms with E-state index in [1.807, 2.05) is 18.7 Å². The van der Waals surface area contributed by atoms with E-state index in [-0.39, 0.29) is 36.1 Å². The van der Waals surface area contributed by atoms with E-state index >= 15 is 0 Å². The summed E-state index contributed by atoms with van der Waals surface area (Å²) in [7, 11) is 0. The van der Waals surface area contributed by atoms with Gasteiger partial charge in [-0.3, -0.25) is 0 Å². The normalized spacial score (nSPS) is 22.5. The molecule has 0 radical (unpaired) electrons. The van der Waals surface area contributed by atoms with Gasteiger partial charge in [-0.25, -0.2) is 23.8 Å². The Morgan fingerprint density at radius 2 is 1.97 bits per heavy atom. The number of fused-ring (bicyclic) bond motifs is 3. The van der Waals surface area contributed by atoms with Gasteiger partial charge < -0.3 is 14.4 Å². The van der Waals surface area contributed by atoms with Crippen LogP contribution in [0.3, 0.4) is 0 Å². The van der Waals surface area contributed by atoms with E-state index in [1.54, 1.807) is 18.3 Å². The number of carbonyl (C=O) groups excluding carboxylic acids is 1. The fraction of sp³-hybridized carbons (Fsp3) is 0.455. The molecule has 2 atom stereocenters. The smallest absolute Gasteiger partial charge is 0.410 e. The molecule has 2 aliphatic rings. The van der Waals surface area contributed by atoms with E-state index in [0.717, 1.165) is 12.8 Å². The van der Waals surface area contributed by atoms with Crippen molar-refractivity contribution in [1.82, 2.24) is 24.6 Å². The summed E-state index contributed by atoms with van der Waals surface area (Å²) in [6, 6.07) is 4.83. The first kappa shape index (κ1) is 21.0. The SMILES string of the molecule is CC(C)OC(=O)N1C2CCC1CC(Oc1ncnc3c1cnn3-c1ccc(S)cc1F)C2. The first-order chi connectivity index (χ1) is 15.4. The minimum atomic E-state index is -0.444. The van der Waals surface area contributed by atoms with Gasteiger partial charge in [0.25, 0.3) is 0 Å². The Morgan fingerprint density at radius 3 is 2.66 bits per heavy atom. The number of thiol groups is 1. The molecule has 2 saturated heterocycles. The van der Waals surface area contributed by atoms with Gasteiger partial charge >= 0.3 is 6.09 Å². The number of benzene rings is 1. The summed E-state index contributed by atoms with van der Waals surface area (Å²) < 4.78 is 27.6. The largest absolute Gasteiger partial charge is 0.474 e. The number of nitrogens with zero attached hydrogens (tertiary/aromatic N) is 5. The molecule has 2 fully saturated rings. The predicted molar refractivity (Wildman–Crippen MR) is 118 cm³/mol.